The second kappa shape index (κ2) is 14.2. The number of anilines is 1. The molecule has 0 radical (unpaired) electrons. The van der Waals surface area contributed by atoms with Gasteiger partial charge in [-0.2, -0.15) is 5.10 Å². The molecule has 1 aliphatic carbocycles. The molecular formula is C37H45N7O3. The molecule has 2 aromatic heterocycles. The van der Waals surface area contributed by atoms with Gasteiger partial charge in [-0.3, -0.25) is 19.3 Å². The molecule has 246 valence electrons. The lowest BCUT2D eigenvalue weighted by atomic mass is 9.90. The van der Waals surface area contributed by atoms with Gasteiger partial charge in [0, 0.05) is 62.3 Å². The predicted octanol–water partition coefficient (Wildman–Crippen LogP) is 4.65. The molecule has 0 spiro atoms. The summed E-state index contributed by atoms with van der Waals surface area (Å²) in [5, 5.41) is 7.37. The van der Waals surface area contributed by atoms with Gasteiger partial charge in [0.25, 0.3) is 5.91 Å². The number of piperazine rings is 1. The van der Waals surface area contributed by atoms with Gasteiger partial charge in [-0.1, -0.05) is 48.5 Å². The van der Waals surface area contributed by atoms with Gasteiger partial charge >= 0.3 is 0 Å². The van der Waals surface area contributed by atoms with Gasteiger partial charge in [0.2, 0.25) is 0 Å². The third kappa shape index (κ3) is 7.45. The van der Waals surface area contributed by atoms with E-state index in [1.807, 2.05) is 13.2 Å². The second-order valence-electron chi connectivity index (χ2n) is 13.2. The molecule has 1 saturated carbocycles. The van der Waals surface area contributed by atoms with Gasteiger partial charge in [-0.25, -0.2) is 4.98 Å². The minimum Gasteiger partial charge on any atom is -0.383 e. The van der Waals surface area contributed by atoms with E-state index in [1.54, 1.807) is 23.1 Å². The molecule has 1 aliphatic heterocycles. The van der Waals surface area contributed by atoms with Crippen molar-refractivity contribution in [3.63, 3.8) is 0 Å². The fourth-order valence-electron chi connectivity index (χ4n) is 6.77. The number of carbonyl (C=O) groups is 2. The van der Waals surface area contributed by atoms with Crippen LogP contribution in [-0.4, -0.2) is 81.6 Å². The summed E-state index contributed by atoms with van der Waals surface area (Å²) in [6.07, 6.45) is 8.94. The van der Waals surface area contributed by atoms with Crippen LogP contribution in [-0.2, 0) is 28.7 Å². The molecule has 2 atom stereocenters. The number of hydrogen-bond donors (Lipinski definition) is 2. The number of amides is 1. The number of nitrogen functional groups attached to an aromatic ring is 1. The zero-order valence-electron chi connectivity index (χ0n) is 27.6. The van der Waals surface area contributed by atoms with E-state index in [2.05, 4.69) is 87.6 Å². The summed E-state index contributed by atoms with van der Waals surface area (Å²) in [6, 6.07) is 19.1. The van der Waals surface area contributed by atoms with Gasteiger partial charge in [0.1, 0.15) is 12.1 Å². The Morgan fingerprint density at radius 2 is 1.68 bits per heavy atom. The Morgan fingerprint density at radius 3 is 2.34 bits per heavy atom. The number of ether oxygens (including phenoxy) is 1. The zero-order chi connectivity index (χ0) is 33.0. The Labute approximate surface area is 276 Å². The molecule has 2 aromatic carbocycles. The molecule has 2 aliphatic rings. The van der Waals surface area contributed by atoms with Gasteiger partial charge in [-0.05, 0) is 61.4 Å². The average molecular weight is 636 g/mol. The van der Waals surface area contributed by atoms with E-state index in [0.717, 1.165) is 74.0 Å². The van der Waals surface area contributed by atoms with Crippen molar-refractivity contribution < 1.29 is 14.3 Å². The number of rotatable bonds is 11. The molecule has 3 N–H and O–H groups in total. The molecule has 1 saturated heterocycles. The van der Waals surface area contributed by atoms with Crippen LogP contribution in [0.3, 0.4) is 0 Å². The molecule has 0 unspecified atom stereocenters. The lowest BCUT2D eigenvalue weighted by Gasteiger charge is -2.44. The number of aromatic nitrogens is 3. The van der Waals surface area contributed by atoms with Crippen molar-refractivity contribution in [3.8, 4) is 22.3 Å². The largest absolute Gasteiger partial charge is 0.383 e. The molecule has 1 amide bonds. The van der Waals surface area contributed by atoms with E-state index >= 15 is 0 Å². The summed E-state index contributed by atoms with van der Waals surface area (Å²) < 4.78 is 8.05. The number of nitrogens with zero attached hydrogens (tertiary/aromatic N) is 5. The summed E-state index contributed by atoms with van der Waals surface area (Å²) in [5.74, 6) is -0.0355. The van der Waals surface area contributed by atoms with Crippen LogP contribution >= 0.6 is 0 Å². The number of nitrogens with two attached hydrogens (primary N) is 1. The Balaban J connectivity index is 1.03. The summed E-state index contributed by atoms with van der Waals surface area (Å²) in [4.78, 5) is 33.1. The molecule has 3 heterocycles. The summed E-state index contributed by atoms with van der Waals surface area (Å²) in [5.41, 5.74) is 12.8. The Morgan fingerprint density at radius 1 is 0.979 bits per heavy atom. The van der Waals surface area contributed by atoms with Crippen LogP contribution in [0.4, 0.5) is 5.82 Å². The SMILES string of the molecule is Cn1cc(-c2cnc(N)c(C(=O)N[C@H]3CCC[C@@H]3OCc3ccc(-c4ccc(C(C)(C)N5CCN(CC=O)CC5)cc4)cc3)c2)cn1. The standard InChI is InChI=1S/C37H45N7O3/c1-37(2,44-17-15-43(16-18-44)19-20-45)31-13-11-28(12-14-31)27-9-7-26(8-10-27)25-47-34-6-4-5-33(34)41-36(46)32-21-29(22-39-35(32)38)30-23-40-42(3)24-30/h7-14,20-24,33-34H,4-6,15-19,25H2,1-3H3,(H2,38,39)(H,41,46)/t33-,34-/m0/s1. The van der Waals surface area contributed by atoms with Crippen LogP contribution in [0.5, 0.6) is 0 Å². The average Bonchev–Trinajstić information content (AvgIpc) is 3.73. The number of aryl methyl sites for hydroxylation is 1. The molecule has 4 aromatic rings. The number of hydrogen-bond acceptors (Lipinski definition) is 8. The fraction of sp³-hybridized carbons (Fsp3) is 0.405. The summed E-state index contributed by atoms with van der Waals surface area (Å²) >= 11 is 0. The number of aldehydes is 1. The highest BCUT2D eigenvalue weighted by Gasteiger charge is 2.32. The van der Waals surface area contributed by atoms with Gasteiger partial charge in [-0.15, -0.1) is 0 Å². The minimum atomic E-state index is -0.239. The first-order chi connectivity index (χ1) is 22.7. The van der Waals surface area contributed by atoms with Crippen LogP contribution in [0.2, 0.25) is 0 Å². The zero-order valence-corrected chi connectivity index (χ0v) is 27.6. The van der Waals surface area contributed by atoms with Gasteiger partial charge in [0.15, 0.2) is 0 Å². The van der Waals surface area contributed by atoms with Gasteiger partial charge in [0.05, 0.1) is 37.1 Å². The minimum absolute atomic E-state index is 0.0711. The number of benzene rings is 2. The highest BCUT2D eigenvalue weighted by molar-refractivity contribution is 5.99. The van der Waals surface area contributed by atoms with Crippen LogP contribution in [0.15, 0.2) is 73.2 Å². The van der Waals surface area contributed by atoms with Crippen molar-refractivity contribution in [2.45, 2.75) is 57.4 Å². The molecule has 47 heavy (non-hydrogen) atoms. The van der Waals surface area contributed by atoms with Crippen LogP contribution in [0.25, 0.3) is 22.3 Å². The molecular weight excluding hydrogens is 590 g/mol. The van der Waals surface area contributed by atoms with E-state index in [4.69, 9.17) is 10.5 Å². The summed E-state index contributed by atoms with van der Waals surface area (Å²) in [7, 11) is 1.85. The van der Waals surface area contributed by atoms with Crippen molar-refractivity contribution in [2.24, 2.45) is 7.05 Å². The Kier molecular flexibility index (Phi) is 9.81. The monoisotopic (exact) mass is 635 g/mol. The third-order valence-electron chi connectivity index (χ3n) is 9.81. The molecule has 10 nitrogen and oxygen atoms in total. The highest BCUT2D eigenvalue weighted by Crippen LogP contribution is 2.31. The maximum Gasteiger partial charge on any atom is 0.255 e. The fourth-order valence-corrected chi connectivity index (χ4v) is 6.77. The van der Waals surface area contributed by atoms with Crippen molar-refractivity contribution in [1.82, 2.24) is 29.9 Å². The highest BCUT2D eigenvalue weighted by atomic mass is 16.5. The maximum absolute atomic E-state index is 13.3. The number of nitrogens with one attached hydrogen (secondary N) is 1. The third-order valence-corrected chi connectivity index (χ3v) is 9.81. The van der Waals surface area contributed by atoms with Crippen molar-refractivity contribution in [2.75, 3.05) is 38.5 Å². The number of carbonyl (C=O) groups excluding carboxylic acids is 2. The second-order valence-corrected chi connectivity index (χ2v) is 13.2. The Bertz CT molecular complexity index is 1680. The first-order valence-corrected chi connectivity index (χ1v) is 16.5. The van der Waals surface area contributed by atoms with E-state index in [9.17, 15) is 9.59 Å². The van der Waals surface area contributed by atoms with E-state index < -0.39 is 0 Å². The van der Waals surface area contributed by atoms with Crippen LogP contribution < -0.4 is 11.1 Å². The number of pyridine rings is 1. The smallest absolute Gasteiger partial charge is 0.255 e. The van der Waals surface area contributed by atoms with Crippen molar-refractivity contribution in [3.05, 3.63) is 89.9 Å². The quantitative estimate of drug-likeness (QED) is 0.229. The maximum atomic E-state index is 13.3. The van der Waals surface area contributed by atoms with Crippen molar-refractivity contribution in [1.29, 1.82) is 0 Å². The lowest BCUT2D eigenvalue weighted by Crippen LogP contribution is -2.53. The van der Waals surface area contributed by atoms with Gasteiger partial charge < -0.3 is 20.6 Å². The van der Waals surface area contributed by atoms with Crippen molar-refractivity contribution >= 4 is 18.0 Å². The first-order valence-electron chi connectivity index (χ1n) is 16.5. The lowest BCUT2D eigenvalue weighted by molar-refractivity contribution is -0.109. The predicted molar refractivity (Wildman–Crippen MR) is 184 cm³/mol. The first kappa shape index (κ1) is 32.6. The molecule has 2 fully saturated rings. The van der Waals surface area contributed by atoms with E-state index in [0.29, 0.717) is 18.7 Å². The van der Waals surface area contributed by atoms with Crippen LogP contribution in [0, 0.1) is 0 Å². The van der Waals surface area contributed by atoms with E-state index in [1.165, 1.54) is 11.1 Å². The van der Waals surface area contributed by atoms with E-state index in [-0.39, 0.29) is 29.4 Å². The normalized spacial score (nSPS) is 19.1. The summed E-state index contributed by atoms with van der Waals surface area (Å²) in [6.45, 7) is 9.29. The Hall–Kier alpha value is -4.38. The molecule has 10 heteroatoms. The molecule has 0 bridgehead atoms. The van der Waals surface area contributed by atoms with Crippen LogP contribution in [0.1, 0.15) is 54.6 Å². The molecule has 6 rings (SSSR count). The topological polar surface area (TPSA) is 119 Å².